The summed E-state index contributed by atoms with van der Waals surface area (Å²) in [5.41, 5.74) is 0.628. The largest absolute Gasteiger partial charge is 0.490 e. The van der Waals surface area contributed by atoms with Crippen molar-refractivity contribution in [1.29, 1.82) is 0 Å². The number of hydrogen-bond donors (Lipinski definition) is 1. The van der Waals surface area contributed by atoms with Gasteiger partial charge in [0, 0.05) is 0 Å². The number of aliphatic hydroxyl groups excluding tert-OH is 1. The molecular formula is C14H15NO3. The maximum Gasteiger partial charge on any atom is 0.137 e. The van der Waals surface area contributed by atoms with E-state index in [0.29, 0.717) is 24.7 Å². The van der Waals surface area contributed by atoms with Crippen molar-refractivity contribution < 1.29 is 14.6 Å². The number of nitrogens with zero attached hydrogens (tertiary/aromatic N) is 1. The summed E-state index contributed by atoms with van der Waals surface area (Å²) in [7, 11) is 0. The molecule has 2 aromatic rings. The second kappa shape index (κ2) is 6.61. The standard InChI is InChI=1S/C14H15NO3/c16-11-12-6-7-14(10-15-12)18-9-8-17-13-4-2-1-3-5-13/h1-7,10,16H,8-9,11H2. The van der Waals surface area contributed by atoms with Crippen LogP contribution in [0.5, 0.6) is 11.5 Å². The smallest absolute Gasteiger partial charge is 0.137 e. The Balaban J connectivity index is 1.72. The first-order valence-electron chi connectivity index (χ1n) is 5.75. The predicted molar refractivity (Wildman–Crippen MR) is 67.6 cm³/mol. The third-order valence-corrected chi connectivity index (χ3v) is 2.32. The van der Waals surface area contributed by atoms with Gasteiger partial charge in [0.05, 0.1) is 18.5 Å². The Morgan fingerprint density at radius 3 is 2.22 bits per heavy atom. The number of aromatic nitrogens is 1. The molecule has 4 heteroatoms. The zero-order valence-electron chi connectivity index (χ0n) is 9.95. The van der Waals surface area contributed by atoms with Crippen LogP contribution in [0.1, 0.15) is 5.69 Å². The molecular weight excluding hydrogens is 230 g/mol. The minimum absolute atomic E-state index is 0.0581. The molecule has 94 valence electrons. The highest BCUT2D eigenvalue weighted by molar-refractivity contribution is 5.21. The van der Waals surface area contributed by atoms with Gasteiger partial charge >= 0.3 is 0 Å². The molecule has 1 aromatic carbocycles. The molecule has 0 unspecified atom stereocenters. The molecule has 0 spiro atoms. The molecule has 0 aliphatic rings. The zero-order chi connectivity index (χ0) is 12.6. The van der Waals surface area contributed by atoms with Crippen LogP contribution >= 0.6 is 0 Å². The van der Waals surface area contributed by atoms with Gasteiger partial charge in [-0.3, -0.25) is 4.98 Å². The summed E-state index contributed by atoms with van der Waals surface area (Å²) >= 11 is 0. The van der Waals surface area contributed by atoms with Crippen LogP contribution in [-0.4, -0.2) is 23.3 Å². The van der Waals surface area contributed by atoms with Crippen LogP contribution in [0.3, 0.4) is 0 Å². The monoisotopic (exact) mass is 245 g/mol. The lowest BCUT2D eigenvalue weighted by Crippen LogP contribution is -2.09. The molecule has 0 amide bonds. The van der Waals surface area contributed by atoms with Crippen LogP contribution in [0.15, 0.2) is 48.7 Å². The molecule has 18 heavy (non-hydrogen) atoms. The molecule has 0 saturated carbocycles. The van der Waals surface area contributed by atoms with Crippen molar-refractivity contribution in [3.63, 3.8) is 0 Å². The molecule has 0 aliphatic carbocycles. The normalized spacial score (nSPS) is 10.1. The maximum absolute atomic E-state index is 8.85. The summed E-state index contributed by atoms with van der Waals surface area (Å²) in [6, 6.07) is 13.1. The number of rotatable bonds is 6. The Kier molecular flexibility index (Phi) is 4.55. The van der Waals surface area contributed by atoms with Crippen LogP contribution in [-0.2, 0) is 6.61 Å². The summed E-state index contributed by atoms with van der Waals surface area (Å²) in [5.74, 6) is 1.50. The predicted octanol–water partition coefficient (Wildman–Crippen LogP) is 2.03. The van der Waals surface area contributed by atoms with Gasteiger partial charge in [-0.15, -0.1) is 0 Å². The van der Waals surface area contributed by atoms with E-state index in [1.165, 1.54) is 0 Å². The summed E-state index contributed by atoms with van der Waals surface area (Å²) in [6.07, 6.45) is 1.59. The van der Waals surface area contributed by atoms with Crippen molar-refractivity contribution in [2.75, 3.05) is 13.2 Å². The lowest BCUT2D eigenvalue weighted by Gasteiger charge is -2.08. The van der Waals surface area contributed by atoms with E-state index in [1.54, 1.807) is 18.3 Å². The van der Waals surface area contributed by atoms with Crippen molar-refractivity contribution in [3.05, 3.63) is 54.4 Å². The quantitative estimate of drug-likeness (QED) is 0.791. The van der Waals surface area contributed by atoms with Gasteiger partial charge in [-0.1, -0.05) is 18.2 Å². The lowest BCUT2D eigenvalue weighted by atomic mass is 10.3. The molecule has 0 bridgehead atoms. The molecule has 1 heterocycles. The van der Waals surface area contributed by atoms with Crippen molar-refractivity contribution >= 4 is 0 Å². The lowest BCUT2D eigenvalue weighted by molar-refractivity contribution is 0.216. The van der Waals surface area contributed by atoms with Crippen LogP contribution in [0, 0.1) is 0 Å². The molecule has 0 fully saturated rings. The first kappa shape index (κ1) is 12.4. The summed E-state index contributed by atoms with van der Waals surface area (Å²) < 4.78 is 10.9. The number of ether oxygens (including phenoxy) is 2. The summed E-state index contributed by atoms with van der Waals surface area (Å²) in [6.45, 7) is 0.873. The SMILES string of the molecule is OCc1ccc(OCCOc2ccccc2)cn1. The summed E-state index contributed by atoms with van der Waals surface area (Å²) in [5, 5.41) is 8.85. The molecule has 0 aliphatic heterocycles. The van der Waals surface area contributed by atoms with E-state index >= 15 is 0 Å². The number of para-hydroxylation sites is 1. The second-order valence-electron chi connectivity index (χ2n) is 3.65. The minimum Gasteiger partial charge on any atom is -0.490 e. The van der Waals surface area contributed by atoms with E-state index in [4.69, 9.17) is 14.6 Å². The van der Waals surface area contributed by atoms with Crippen LogP contribution in [0.25, 0.3) is 0 Å². The number of hydrogen-bond acceptors (Lipinski definition) is 4. The van der Waals surface area contributed by atoms with Crippen molar-refractivity contribution in [2.45, 2.75) is 6.61 Å². The topological polar surface area (TPSA) is 51.6 Å². The van der Waals surface area contributed by atoms with Crippen molar-refractivity contribution in [2.24, 2.45) is 0 Å². The van der Waals surface area contributed by atoms with Gasteiger partial charge in [0.15, 0.2) is 0 Å². The Bertz CT molecular complexity index is 456. The van der Waals surface area contributed by atoms with Gasteiger partial charge in [0.2, 0.25) is 0 Å². The molecule has 0 atom stereocenters. The van der Waals surface area contributed by atoms with E-state index < -0.39 is 0 Å². The average Bonchev–Trinajstić information content (AvgIpc) is 2.45. The van der Waals surface area contributed by atoms with Crippen molar-refractivity contribution in [1.82, 2.24) is 4.98 Å². The fourth-order valence-electron chi connectivity index (χ4n) is 1.43. The van der Waals surface area contributed by atoms with Crippen LogP contribution in [0.2, 0.25) is 0 Å². The van der Waals surface area contributed by atoms with Gasteiger partial charge in [-0.05, 0) is 24.3 Å². The molecule has 2 rings (SSSR count). The molecule has 1 aromatic heterocycles. The fraction of sp³-hybridized carbons (Fsp3) is 0.214. The Labute approximate surface area is 106 Å². The highest BCUT2D eigenvalue weighted by atomic mass is 16.5. The van der Waals surface area contributed by atoms with Gasteiger partial charge in [0.25, 0.3) is 0 Å². The van der Waals surface area contributed by atoms with E-state index in [-0.39, 0.29) is 6.61 Å². The molecule has 1 N–H and O–H groups in total. The highest BCUT2D eigenvalue weighted by Gasteiger charge is 1.96. The number of pyridine rings is 1. The summed E-state index contributed by atoms with van der Waals surface area (Å²) in [4.78, 5) is 4.02. The van der Waals surface area contributed by atoms with E-state index in [2.05, 4.69) is 4.98 Å². The third kappa shape index (κ3) is 3.75. The molecule has 4 nitrogen and oxygen atoms in total. The highest BCUT2D eigenvalue weighted by Crippen LogP contribution is 2.10. The fourth-order valence-corrected chi connectivity index (χ4v) is 1.43. The maximum atomic E-state index is 8.85. The number of benzene rings is 1. The zero-order valence-corrected chi connectivity index (χ0v) is 9.95. The Morgan fingerprint density at radius 1 is 0.889 bits per heavy atom. The first-order valence-corrected chi connectivity index (χ1v) is 5.75. The Hall–Kier alpha value is -2.07. The van der Waals surface area contributed by atoms with Gasteiger partial charge < -0.3 is 14.6 Å². The van der Waals surface area contributed by atoms with E-state index in [0.717, 1.165) is 5.75 Å². The van der Waals surface area contributed by atoms with Crippen LogP contribution in [0.4, 0.5) is 0 Å². The van der Waals surface area contributed by atoms with Crippen molar-refractivity contribution in [3.8, 4) is 11.5 Å². The average molecular weight is 245 g/mol. The second-order valence-corrected chi connectivity index (χ2v) is 3.65. The van der Waals surface area contributed by atoms with Gasteiger partial charge in [0.1, 0.15) is 24.7 Å². The van der Waals surface area contributed by atoms with Gasteiger partial charge in [-0.2, -0.15) is 0 Å². The van der Waals surface area contributed by atoms with E-state index in [1.807, 2.05) is 30.3 Å². The van der Waals surface area contributed by atoms with Gasteiger partial charge in [-0.25, -0.2) is 0 Å². The molecule has 0 saturated heterocycles. The third-order valence-electron chi connectivity index (χ3n) is 2.32. The van der Waals surface area contributed by atoms with Crippen LogP contribution < -0.4 is 9.47 Å². The Morgan fingerprint density at radius 2 is 1.61 bits per heavy atom. The minimum atomic E-state index is -0.0581. The first-order chi connectivity index (χ1) is 8.88. The number of aliphatic hydroxyl groups is 1. The van der Waals surface area contributed by atoms with E-state index in [9.17, 15) is 0 Å². The molecule has 0 radical (unpaired) electrons.